The molecule has 1 rings (SSSR count). The maximum absolute atomic E-state index is 12.1. The van der Waals surface area contributed by atoms with Crippen LogP contribution in [0.3, 0.4) is 0 Å². The number of hydrogen-bond donors (Lipinski definition) is 3. The second-order valence-corrected chi connectivity index (χ2v) is 7.14. The molecule has 1 fully saturated rings. The van der Waals surface area contributed by atoms with Gasteiger partial charge < -0.3 is 10.9 Å². The summed E-state index contributed by atoms with van der Waals surface area (Å²) in [6.07, 6.45) is 1.42. The number of oxime groups is 1. The highest BCUT2D eigenvalue weighted by Gasteiger charge is 2.27. The minimum Gasteiger partial charge on any atom is -0.409 e. The van der Waals surface area contributed by atoms with Crippen molar-refractivity contribution in [2.24, 2.45) is 10.9 Å². The van der Waals surface area contributed by atoms with E-state index in [0.29, 0.717) is 19.4 Å². The van der Waals surface area contributed by atoms with Crippen LogP contribution in [0.1, 0.15) is 26.7 Å². The van der Waals surface area contributed by atoms with Crippen molar-refractivity contribution in [3.63, 3.8) is 0 Å². The minimum absolute atomic E-state index is 0.0651. The fourth-order valence-electron chi connectivity index (χ4n) is 2.04. The Bertz CT molecular complexity index is 429. The van der Waals surface area contributed by atoms with E-state index in [1.165, 1.54) is 4.31 Å². The first-order valence-electron chi connectivity index (χ1n) is 6.70. The van der Waals surface area contributed by atoms with Crippen LogP contribution in [0.2, 0.25) is 0 Å². The summed E-state index contributed by atoms with van der Waals surface area (Å²) in [4.78, 5) is 2.03. The van der Waals surface area contributed by atoms with E-state index in [9.17, 15) is 8.42 Å². The molecule has 118 valence electrons. The number of likely N-dealkylation sites (tertiary alicyclic amines) is 1. The van der Waals surface area contributed by atoms with Crippen LogP contribution in [0.25, 0.3) is 0 Å². The minimum atomic E-state index is -3.43. The fourth-order valence-corrected chi connectivity index (χ4v) is 3.42. The molecule has 0 aromatic rings. The lowest BCUT2D eigenvalue weighted by molar-refractivity contribution is 0.226. The number of nitrogens with one attached hydrogen (secondary N) is 1. The highest BCUT2D eigenvalue weighted by Crippen LogP contribution is 2.12. The third-order valence-corrected chi connectivity index (χ3v) is 5.33. The molecule has 0 bridgehead atoms. The molecule has 4 N–H and O–H groups in total. The lowest BCUT2D eigenvalue weighted by atomic mass is 10.1. The first-order valence-corrected chi connectivity index (χ1v) is 8.14. The third kappa shape index (κ3) is 4.89. The predicted octanol–water partition coefficient (Wildman–Crippen LogP) is -0.628. The summed E-state index contributed by atoms with van der Waals surface area (Å²) >= 11 is 0. The lowest BCUT2D eigenvalue weighted by Gasteiger charge is -2.33. The molecule has 0 aliphatic carbocycles. The largest absolute Gasteiger partial charge is 0.409 e. The van der Waals surface area contributed by atoms with Gasteiger partial charge in [-0.3, -0.25) is 4.90 Å². The van der Waals surface area contributed by atoms with Gasteiger partial charge in [-0.1, -0.05) is 5.16 Å². The highest BCUT2D eigenvalue weighted by molar-refractivity contribution is 7.87. The Morgan fingerprint density at radius 3 is 2.50 bits per heavy atom. The second-order valence-electron chi connectivity index (χ2n) is 5.37. The molecule has 8 nitrogen and oxygen atoms in total. The molecule has 0 aromatic heterocycles. The molecule has 20 heavy (non-hydrogen) atoms. The van der Waals surface area contributed by atoms with E-state index >= 15 is 0 Å². The van der Waals surface area contributed by atoms with Crippen LogP contribution < -0.4 is 10.5 Å². The molecule has 1 aliphatic rings. The van der Waals surface area contributed by atoms with E-state index < -0.39 is 10.2 Å². The van der Waals surface area contributed by atoms with E-state index in [1.807, 2.05) is 18.7 Å². The second kappa shape index (κ2) is 7.21. The van der Waals surface area contributed by atoms with Gasteiger partial charge in [0.25, 0.3) is 10.2 Å². The Labute approximate surface area is 120 Å². The van der Waals surface area contributed by atoms with E-state index in [2.05, 4.69) is 9.88 Å². The van der Waals surface area contributed by atoms with Gasteiger partial charge in [0.2, 0.25) is 0 Å². The molecule has 1 saturated heterocycles. The number of rotatable bonds is 6. The Morgan fingerprint density at radius 2 is 2.05 bits per heavy atom. The van der Waals surface area contributed by atoms with Crippen molar-refractivity contribution in [1.82, 2.24) is 13.9 Å². The first-order chi connectivity index (χ1) is 9.26. The molecular formula is C11H25N5O3S. The molecule has 0 atom stereocenters. The number of nitrogens with two attached hydrogens (primary N) is 1. The molecule has 0 unspecified atom stereocenters. The van der Waals surface area contributed by atoms with E-state index in [1.54, 1.807) is 7.05 Å². The summed E-state index contributed by atoms with van der Waals surface area (Å²) in [6, 6.07) is -0.141. The lowest BCUT2D eigenvalue weighted by Crippen LogP contribution is -2.50. The predicted molar refractivity (Wildman–Crippen MR) is 77.8 cm³/mol. The molecule has 0 aromatic carbocycles. The normalized spacial score (nSPS) is 19.9. The maximum Gasteiger partial charge on any atom is 0.279 e. The van der Waals surface area contributed by atoms with Crippen molar-refractivity contribution in [2.45, 2.75) is 38.8 Å². The zero-order valence-electron chi connectivity index (χ0n) is 12.3. The zero-order valence-corrected chi connectivity index (χ0v) is 13.1. The summed E-state index contributed by atoms with van der Waals surface area (Å²) in [6.45, 7) is 5.50. The van der Waals surface area contributed by atoms with Gasteiger partial charge in [-0.25, -0.2) is 0 Å². The van der Waals surface area contributed by atoms with Crippen LogP contribution in [0.5, 0.6) is 0 Å². The highest BCUT2D eigenvalue weighted by atomic mass is 32.2. The molecule has 0 saturated carbocycles. The van der Waals surface area contributed by atoms with Crippen LogP contribution in [0, 0.1) is 0 Å². The fraction of sp³-hybridized carbons (Fsp3) is 0.909. The summed E-state index contributed by atoms with van der Waals surface area (Å²) < 4.78 is 28.2. The number of piperidine rings is 1. The van der Waals surface area contributed by atoms with Gasteiger partial charge in [-0.05, 0) is 26.7 Å². The SMILES string of the molecule is CC(C)N(C)S(=O)(=O)NC1CCN(CC(N)=NO)CC1. The Kier molecular flexibility index (Phi) is 6.18. The number of hydrogen-bond acceptors (Lipinski definition) is 5. The third-order valence-electron chi connectivity index (χ3n) is 3.52. The smallest absolute Gasteiger partial charge is 0.279 e. The van der Waals surface area contributed by atoms with Gasteiger partial charge in [-0.15, -0.1) is 0 Å². The topological polar surface area (TPSA) is 111 Å². The van der Waals surface area contributed by atoms with Crippen molar-refractivity contribution in [3.8, 4) is 0 Å². The van der Waals surface area contributed by atoms with Gasteiger partial charge in [-0.2, -0.15) is 17.4 Å². The Balaban J connectivity index is 2.47. The summed E-state index contributed by atoms with van der Waals surface area (Å²) in [5.74, 6) is 0.170. The molecule has 1 heterocycles. The maximum atomic E-state index is 12.1. The molecular weight excluding hydrogens is 282 g/mol. The van der Waals surface area contributed by atoms with Crippen molar-refractivity contribution < 1.29 is 13.6 Å². The monoisotopic (exact) mass is 307 g/mol. The average molecular weight is 307 g/mol. The molecule has 0 spiro atoms. The summed E-state index contributed by atoms with van der Waals surface area (Å²) in [5, 5.41) is 11.5. The van der Waals surface area contributed by atoms with Gasteiger partial charge in [0.05, 0.1) is 6.54 Å². The van der Waals surface area contributed by atoms with Gasteiger partial charge in [0.15, 0.2) is 5.84 Å². The summed E-state index contributed by atoms with van der Waals surface area (Å²) in [7, 11) is -1.86. The van der Waals surface area contributed by atoms with Gasteiger partial charge in [0, 0.05) is 32.2 Å². The quantitative estimate of drug-likeness (QED) is 0.262. The standard InChI is InChI=1S/C11H25N5O3S/c1-9(2)15(3)20(18,19)14-10-4-6-16(7-5-10)8-11(12)13-17/h9-10,14,17H,4-8H2,1-3H3,(H2,12,13). The Morgan fingerprint density at radius 1 is 1.50 bits per heavy atom. The van der Waals surface area contributed by atoms with Crippen LogP contribution in [-0.4, -0.2) is 67.4 Å². The van der Waals surface area contributed by atoms with Crippen molar-refractivity contribution in [3.05, 3.63) is 0 Å². The Hall–Kier alpha value is -0.900. The van der Waals surface area contributed by atoms with Crippen molar-refractivity contribution in [2.75, 3.05) is 26.7 Å². The van der Waals surface area contributed by atoms with Crippen molar-refractivity contribution in [1.29, 1.82) is 0 Å². The van der Waals surface area contributed by atoms with Gasteiger partial charge >= 0.3 is 0 Å². The number of nitrogens with zero attached hydrogens (tertiary/aromatic N) is 3. The molecule has 1 aliphatic heterocycles. The van der Waals surface area contributed by atoms with Crippen LogP contribution in [0.4, 0.5) is 0 Å². The molecule has 0 amide bonds. The van der Waals surface area contributed by atoms with E-state index in [0.717, 1.165) is 13.1 Å². The van der Waals surface area contributed by atoms with Gasteiger partial charge in [0.1, 0.15) is 0 Å². The van der Waals surface area contributed by atoms with E-state index in [-0.39, 0.29) is 17.9 Å². The molecule has 9 heteroatoms. The van der Waals surface area contributed by atoms with Crippen LogP contribution >= 0.6 is 0 Å². The van der Waals surface area contributed by atoms with Crippen LogP contribution in [0.15, 0.2) is 5.16 Å². The summed E-state index contributed by atoms with van der Waals surface area (Å²) in [5.41, 5.74) is 5.45. The van der Waals surface area contributed by atoms with Crippen molar-refractivity contribution >= 4 is 16.0 Å². The zero-order chi connectivity index (χ0) is 15.3. The molecule has 0 radical (unpaired) electrons. The average Bonchev–Trinajstić information content (AvgIpc) is 2.39. The van der Waals surface area contributed by atoms with Crippen LogP contribution in [-0.2, 0) is 10.2 Å². The van der Waals surface area contributed by atoms with E-state index in [4.69, 9.17) is 10.9 Å². The number of amidine groups is 1. The first kappa shape index (κ1) is 17.2.